The van der Waals surface area contributed by atoms with Crippen LogP contribution in [-0.2, 0) is 24.4 Å². The maximum Gasteiger partial charge on any atom is 0.230 e. The van der Waals surface area contributed by atoms with Gasteiger partial charge in [-0.1, -0.05) is 47.7 Å². The molecule has 0 fully saturated rings. The smallest absolute Gasteiger partial charge is 0.230 e. The average Bonchev–Trinajstić information content (AvgIpc) is 3.20. The minimum Gasteiger partial charge on any atom is -0.493 e. The van der Waals surface area contributed by atoms with Crippen molar-refractivity contribution in [1.82, 2.24) is 14.9 Å². The molecule has 1 amide bonds. The maximum absolute atomic E-state index is 12.4. The highest BCUT2D eigenvalue weighted by atomic mass is 32.2. The standard InChI is InChI=1S/C24H29N3O4S/c1-17-4-6-19(7-5-17)13-27-14-20(15-28)26-24(27)32-16-23(29)25-11-10-18-8-9-21(30-2)22(12-18)31-3/h4-9,12,14,28H,10-11,13,15-16H2,1-3H3,(H,25,29). The minimum atomic E-state index is -0.133. The molecule has 8 heteroatoms. The summed E-state index contributed by atoms with van der Waals surface area (Å²) in [4.78, 5) is 16.8. The summed E-state index contributed by atoms with van der Waals surface area (Å²) in [5.74, 6) is 1.54. The van der Waals surface area contributed by atoms with Crippen LogP contribution in [0.5, 0.6) is 11.5 Å². The van der Waals surface area contributed by atoms with Gasteiger partial charge < -0.3 is 24.5 Å². The van der Waals surface area contributed by atoms with Gasteiger partial charge in [-0.2, -0.15) is 0 Å². The third kappa shape index (κ3) is 6.51. The van der Waals surface area contributed by atoms with E-state index >= 15 is 0 Å². The molecule has 0 atom stereocenters. The van der Waals surface area contributed by atoms with Crippen molar-refractivity contribution in [2.24, 2.45) is 0 Å². The first-order valence-corrected chi connectivity index (χ1v) is 11.3. The monoisotopic (exact) mass is 455 g/mol. The van der Waals surface area contributed by atoms with Crippen molar-refractivity contribution in [3.63, 3.8) is 0 Å². The largest absolute Gasteiger partial charge is 0.493 e. The SMILES string of the molecule is COc1ccc(CCNC(=O)CSc2nc(CO)cn2Cc2ccc(C)cc2)cc1OC. The molecule has 0 aliphatic carbocycles. The first-order valence-electron chi connectivity index (χ1n) is 10.3. The van der Waals surface area contributed by atoms with Crippen LogP contribution in [0.25, 0.3) is 0 Å². The zero-order valence-electron chi connectivity index (χ0n) is 18.6. The van der Waals surface area contributed by atoms with E-state index in [1.54, 1.807) is 14.2 Å². The summed E-state index contributed by atoms with van der Waals surface area (Å²) < 4.78 is 12.5. The highest BCUT2D eigenvalue weighted by molar-refractivity contribution is 7.99. The molecular weight excluding hydrogens is 426 g/mol. The molecule has 3 rings (SSSR count). The second-order valence-electron chi connectivity index (χ2n) is 7.36. The predicted molar refractivity (Wildman–Crippen MR) is 125 cm³/mol. The summed E-state index contributed by atoms with van der Waals surface area (Å²) in [5.41, 5.74) is 3.98. The van der Waals surface area contributed by atoms with E-state index in [0.717, 1.165) is 11.1 Å². The van der Waals surface area contributed by atoms with Gasteiger partial charge in [-0.05, 0) is 36.6 Å². The number of aromatic nitrogens is 2. The molecule has 0 radical (unpaired) electrons. The number of carbonyl (C=O) groups excluding carboxylic acids is 1. The van der Waals surface area contributed by atoms with Gasteiger partial charge >= 0.3 is 0 Å². The van der Waals surface area contributed by atoms with Gasteiger partial charge in [-0.25, -0.2) is 4.98 Å². The highest BCUT2D eigenvalue weighted by Gasteiger charge is 2.12. The van der Waals surface area contributed by atoms with Crippen molar-refractivity contribution in [1.29, 1.82) is 0 Å². The molecule has 32 heavy (non-hydrogen) atoms. The van der Waals surface area contributed by atoms with Crippen molar-refractivity contribution in [3.8, 4) is 11.5 Å². The van der Waals surface area contributed by atoms with E-state index in [4.69, 9.17) is 9.47 Å². The van der Waals surface area contributed by atoms with E-state index < -0.39 is 0 Å². The van der Waals surface area contributed by atoms with Crippen LogP contribution in [0.2, 0.25) is 0 Å². The molecule has 7 nitrogen and oxygen atoms in total. The van der Waals surface area contributed by atoms with Gasteiger partial charge in [-0.3, -0.25) is 4.79 Å². The van der Waals surface area contributed by atoms with Gasteiger partial charge in [-0.15, -0.1) is 0 Å². The summed E-state index contributed by atoms with van der Waals surface area (Å²) in [6.45, 7) is 3.08. The fraction of sp³-hybridized carbons (Fsp3) is 0.333. The fourth-order valence-corrected chi connectivity index (χ4v) is 4.04. The average molecular weight is 456 g/mol. The Morgan fingerprint density at radius 1 is 1.09 bits per heavy atom. The number of nitrogens with one attached hydrogen (secondary N) is 1. The Bertz CT molecular complexity index is 1030. The number of aliphatic hydroxyl groups excluding tert-OH is 1. The highest BCUT2D eigenvalue weighted by Crippen LogP contribution is 2.27. The lowest BCUT2D eigenvalue weighted by molar-refractivity contribution is -0.118. The second kappa shape index (κ2) is 11.6. The summed E-state index contributed by atoms with van der Waals surface area (Å²) in [6.07, 6.45) is 2.52. The molecule has 0 saturated carbocycles. The topological polar surface area (TPSA) is 85.6 Å². The van der Waals surface area contributed by atoms with Crippen molar-refractivity contribution in [2.75, 3.05) is 26.5 Å². The fourth-order valence-electron chi connectivity index (χ4n) is 3.21. The van der Waals surface area contributed by atoms with E-state index in [2.05, 4.69) is 41.5 Å². The quantitative estimate of drug-likeness (QED) is 0.432. The molecule has 0 spiro atoms. The number of benzene rings is 2. The molecule has 1 aromatic heterocycles. The number of carbonyl (C=O) groups is 1. The van der Waals surface area contributed by atoms with E-state index in [-0.39, 0.29) is 18.3 Å². The summed E-state index contributed by atoms with van der Waals surface area (Å²) in [5, 5.41) is 13.1. The Morgan fingerprint density at radius 2 is 1.81 bits per heavy atom. The second-order valence-corrected chi connectivity index (χ2v) is 8.31. The predicted octanol–water partition coefficient (Wildman–Crippen LogP) is 3.20. The summed E-state index contributed by atoms with van der Waals surface area (Å²) in [7, 11) is 3.20. The van der Waals surface area contributed by atoms with Crippen molar-refractivity contribution in [2.45, 2.75) is 31.7 Å². The van der Waals surface area contributed by atoms with Gasteiger partial charge in [0.1, 0.15) is 0 Å². The van der Waals surface area contributed by atoms with E-state index in [9.17, 15) is 9.90 Å². The molecule has 2 aromatic carbocycles. The number of thioether (sulfide) groups is 1. The molecule has 170 valence electrons. The van der Waals surface area contributed by atoms with Gasteiger partial charge in [0.2, 0.25) is 5.91 Å². The zero-order valence-corrected chi connectivity index (χ0v) is 19.4. The number of ether oxygens (including phenoxy) is 2. The Kier molecular flexibility index (Phi) is 8.58. The third-order valence-electron chi connectivity index (χ3n) is 4.94. The molecule has 3 aromatic rings. The van der Waals surface area contributed by atoms with Gasteiger partial charge in [0.05, 0.1) is 32.3 Å². The molecule has 0 bridgehead atoms. The Labute approximate surface area is 192 Å². The number of methoxy groups -OCH3 is 2. The summed E-state index contributed by atoms with van der Waals surface area (Å²) in [6, 6.07) is 14.0. The van der Waals surface area contributed by atoms with E-state index in [0.29, 0.717) is 41.9 Å². The molecule has 2 N–H and O–H groups in total. The third-order valence-corrected chi connectivity index (χ3v) is 5.93. The van der Waals surface area contributed by atoms with Gasteiger partial charge in [0.15, 0.2) is 16.7 Å². The number of hydrogen-bond donors (Lipinski definition) is 2. The molecule has 0 aliphatic heterocycles. The van der Waals surface area contributed by atoms with Crippen LogP contribution in [-0.4, -0.2) is 47.1 Å². The first-order chi connectivity index (χ1) is 15.5. The number of aliphatic hydroxyl groups is 1. The normalized spacial score (nSPS) is 10.8. The van der Waals surface area contributed by atoms with Crippen LogP contribution in [0.15, 0.2) is 53.8 Å². The summed E-state index contributed by atoms with van der Waals surface area (Å²) >= 11 is 1.36. The van der Waals surface area contributed by atoms with Crippen LogP contribution in [0, 0.1) is 6.92 Å². The molecule has 0 aliphatic rings. The van der Waals surface area contributed by atoms with Crippen LogP contribution in [0.1, 0.15) is 22.4 Å². The van der Waals surface area contributed by atoms with Crippen LogP contribution in [0.4, 0.5) is 0 Å². The number of amides is 1. The maximum atomic E-state index is 12.4. The van der Waals surface area contributed by atoms with Crippen molar-refractivity contribution < 1.29 is 19.4 Å². The van der Waals surface area contributed by atoms with Gasteiger partial charge in [0.25, 0.3) is 0 Å². The number of aryl methyl sites for hydroxylation is 1. The Hall–Kier alpha value is -2.97. The van der Waals surface area contributed by atoms with Crippen LogP contribution < -0.4 is 14.8 Å². The molecular formula is C24H29N3O4S. The molecule has 0 saturated heterocycles. The van der Waals surface area contributed by atoms with E-state index in [1.165, 1.54) is 17.3 Å². The van der Waals surface area contributed by atoms with E-state index in [1.807, 2.05) is 29.0 Å². The zero-order chi connectivity index (χ0) is 22.9. The van der Waals surface area contributed by atoms with Crippen LogP contribution in [0.3, 0.4) is 0 Å². The van der Waals surface area contributed by atoms with Crippen LogP contribution >= 0.6 is 11.8 Å². The number of imidazole rings is 1. The number of rotatable bonds is 11. The number of nitrogens with zero attached hydrogens (tertiary/aromatic N) is 2. The Balaban J connectivity index is 1.52. The lowest BCUT2D eigenvalue weighted by Gasteiger charge is -2.10. The lowest BCUT2D eigenvalue weighted by atomic mass is 10.1. The number of hydrogen-bond acceptors (Lipinski definition) is 6. The minimum absolute atomic E-state index is 0.0640. The molecule has 0 unspecified atom stereocenters. The van der Waals surface area contributed by atoms with Crippen molar-refractivity contribution >= 4 is 17.7 Å². The van der Waals surface area contributed by atoms with Gasteiger partial charge in [0, 0.05) is 19.3 Å². The Morgan fingerprint density at radius 3 is 2.50 bits per heavy atom. The first kappa shape index (κ1) is 23.7. The molecule has 1 heterocycles. The van der Waals surface area contributed by atoms with Crippen molar-refractivity contribution in [3.05, 3.63) is 71.0 Å². The lowest BCUT2D eigenvalue weighted by Crippen LogP contribution is -2.27.